The molecule has 1 amide bonds. The highest BCUT2D eigenvalue weighted by Crippen LogP contribution is 2.26. The smallest absolute Gasteiger partial charge is 0.265 e. The normalized spacial score (nSPS) is 11.3. The SMILES string of the molecule is Cc1ccc(S(=O)(=O)N(C)c2c(C(=O)Nc3cc(C)ccn3)cnn2C)cc1. The summed E-state index contributed by atoms with van der Waals surface area (Å²) in [5.74, 6) is 0.0433. The van der Waals surface area contributed by atoms with Gasteiger partial charge in [-0.25, -0.2) is 13.4 Å². The minimum Gasteiger partial charge on any atom is -0.306 e. The summed E-state index contributed by atoms with van der Waals surface area (Å²) in [4.78, 5) is 17.0. The lowest BCUT2D eigenvalue weighted by molar-refractivity contribution is 0.102. The number of hydrogen-bond acceptors (Lipinski definition) is 5. The second-order valence-electron chi connectivity index (χ2n) is 6.46. The Morgan fingerprint density at radius 1 is 1.11 bits per heavy atom. The molecule has 3 aromatic rings. The van der Waals surface area contributed by atoms with E-state index in [9.17, 15) is 13.2 Å². The van der Waals surface area contributed by atoms with Crippen LogP contribution in [0.2, 0.25) is 0 Å². The average Bonchev–Trinajstić information content (AvgIpc) is 3.03. The molecule has 1 aromatic carbocycles. The standard InChI is InChI=1S/C19H21N5O3S/c1-13-5-7-15(8-6-13)28(26,27)24(4)19-16(12-21-23(19)3)18(25)22-17-11-14(2)9-10-20-17/h5-12H,1-4H3,(H,20,22,25). The number of hydrogen-bond donors (Lipinski definition) is 1. The molecule has 146 valence electrons. The van der Waals surface area contributed by atoms with Crippen molar-refractivity contribution in [3.8, 4) is 0 Å². The Labute approximate surface area is 163 Å². The molecule has 0 unspecified atom stereocenters. The van der Waals surface area contributed by atoms with Gasteiger partial charge in [-0.05, 0) is 43.7 Å². The summed E-state index contributed by atoms with van der Waals surface area (Å²) in [6.07, 6.45) is 2.92. The fourth-order valence-corrected chi connectivity index (χ4v) is 3.98. The monoisotopic (exact) mass is 399 g/mol. The van der Waals surface area contributed by atoms with E-state index >= 15 is 0 Å². The lowest BCUT2D eigenvalue weighted by Gasteiger charge is -2.21. The van der Waals surface area contributed by atoms with Crippen molar-refractivity contribution >= 4 is 27.6 Å². The van der Waals surface area contributed by atoms with Gasteiger partial charge in [0.25, 0.3) is 15.9 Å². The number of aromatic nitrogens is 3. The molecular weight excluding hydrogens is 378 g/mol. The molecule has 0 spiro atoms. The quantitative estimate of drug-likeness (QED) is 0.711. The maximum atomic E-state index is 13.0. The molecule has 2 aromatic heterocycles. The Hall–Kier alpha value is -3.20. The van der Waals surface area contributed by atoms with Gasteiger partial charge in [0.15, 0.2) is 5.82 Å². The first-order valence-corrected chi connectivity index (χ1v) is 9.96. The van der Waals surface area contributed by atoms with Gasteiger partial charge in [0.1, 0.15) is 11.4 Å². The molecule has 0 saturated heterocycles. The highest BCUT2D eigenvalue weighted by atomic mass is 32.2. The van der Waals surface area contributed by atoms with Crippen LogP contribution in [0.3, 0.4) is 0 Å². The van der Waals surface area contributed by atoms with Crippen LogP contribution in [0.25, 0.3) is 0 Å². The third-order valence-electron chi connectivity index (χ3n) is 4.29. The molecule has 0 aliphatic carbocycles. The van der Waals surface area contributed by atoms with Crippen LogP contribution < -0.4 is 9.62 Å². The van der Waals surface area contributed by atoms with E-state index in [1.165, 1.54) is 30.1 Å². The number of sulfonamides is 1. The molecule has 28 heavy (non-hydrogen) atoms. The third kappa shape index (κ3) is 3.74. The van der Waals surface area contributed by atoms with Crippen molar-refractivity contribution in [2.24, 2.45) is 7.05 Å². The van der Waals surface area contributed by atoms with E-state index in [0.29, 0.717) is 5.82 Å². The zero-order valence-corrected chi connectivity index (χ0v) is 16.9. The van der Waals surface area contributed by atoms with E-state index in [-0.39, 0.29) is 16.3 Å². The minimum absolute atomic E-state index is 0.129. The van der Waals surface area contributed by atoms with E-state index in [1.54, 1.807) is 31.4 Å². The van der Waals surface area contributed by atoms with Crippen LogP contribution in [-0.2, 0) is 17.1 Å². The van der Waals surface area contributed by atoms with Crippen molar-refractivity contribution in [1.29, 1.82) is 0 Å². The van der Waals surface area contributed by atoms with Gasteiger partial charge in [-0.15, -0.1) is 0 Å². The highest BCUT2D eigenvalue weighted by Gasteiger charge is 2.28. The van der Waals surface area contributed by atoms with E-state index in [1.807, 2.05) is 19.9 Å². The van der Waals surface area contributed by atoms with Crippen molar-refractivity contribution in [2.75, 3.05) is 16.7 Å². The van der Waals surface area contributed by atoms with Gasteiger partial charge in [0, 0.05) is 20.3 Å². The minimum atomic E-state index is -3.86. The second kappa shape index (κ2) is 7.43. The van der Waals surface area contributed by atoms with E-state index in [4.69, 9.17) is 0 Å². The lowest BCUT2D eigenvalue weighted by atomic mass is 10.2. The van der Waals surface area contributed by atoms with Crippen LogP contribution in [0.5, 0.6) is 0 Å². The number of nitrogens with one attached hydrogen (secondary N) is 1. The summed E-state index contributed by atoms with van der Waals surface area (Å²) in [6.45, 7) is 3.76. The molecule has 0 aliphatic heterocycles. The van der Waals surface area contributed by atoms with Crippen molar-refractivity contribution in [1.82, 2.24) is 14.8 Å². The van der Waals surface area contributed by atoms with E-state index in [2.05, 4.69) is 15.4 Å². The number of carbonyl (C=O) groups is 1. The second-order valence-corrected chi connectivity index (χ2v) is 8.43. The molecule has 2 heterocycles. The molecule has 8 nitrogen and oxygen atoms in total. The fraction of sp³-hybridized carbons (Fsp3) is 0.211. The molecule has 0 aliphatic rings. The Morgan fingerprint density at radius 2 is 1.79 bits per heavy atom. The molecule has 3 rings (SSSR count). The summed E-state index contributed by atoms with van der Waals surface area (Å²) < 4.78 is 28.4. The first-order valence-electron chi connectivity index (χ1n) is 8.52. The number of benzene rings is 1. The van der Waals surface area contributed by atoms with E-state index in [0.717, 1.165) is 15.4 Å². The predicted octanol–water partition coefficient (Wildman–Crippen LogP) is 2.51. The average molecular weight is 399 g/mol. The number of rotatable bonds is 5. The summed E-state index contributed by atoms with van der Waals surface area (Å²) in [5, 5.41) is 6.75. The molecule has 0 fully saturated rings. The maximum absolute atomic E-state index is 13.0. The number of nitrogens with zero attached hydrogens (tertiary/aromatic N) is 4. The van der Waals surface area contributed by atoms with Crippen LogP contribution >= 0.6 is 0 Å². The largest absolute Gasteiger partial charge is 0.306 e. The molecule has 9 heteroatoms. The molecular formula is C19H21N5O3S. The van der Waals surface area contributed by atoms with Crippen molar-refractivity contribution < 1.29 is 13.2 Å². The molecule has 0 saturated carbocycles. The first-order chi connectivity index (χ1) is 13.2. The third-order valence-corrected chi connectivity index (χ3v) is 6.05. The van der Waals surface area contributed by atoms with Gasteiger partial charge in [-0.3, -0.25) is 13.8 Å². The molecule has 0 radical (unpaired) electrons. The topological polar surface area (TPSA) is 97.2 Å². The van der Waals surface area contributed by atoms with Crippen LogP contribution in [-0.4, -0.2) is 36.1 Å². The lowest BCUT2D eigenvalue weighted by Crippen LogP contribution is -2.30. The molecule has 1 N–H and O–H groups in total. The van der Waals surface area contributed by atoms with Gasteiger partial charge >= 0.3 is 0 Å². The molecule has 0 bridgehead atoms. The van der Waals surface area contributed by atoms with Gasteiger partial charge in [-0.2, -0.15) is 5.10 Å². The van der Waals surface area contributed by atoms with Gasteiger partial charge in [-0.1, -0.05) is 17.7 Å². The maximum Gasteiger partial charge on any atom is 0.265 e. The van der Waals surface area contributed by atoms with Crippen molar-refractivity contribution in [2.45, 2.75) is 18.7 Å². The number of anilines is 2. The summed E-state index contributed by atoms with van der Waals surface area (Å²) >= 11 is 0. The fourth-order valence-electron chi connectivity index (χ4n) is 2.74. The molecule has 0 atom stereocenters. The Balaban J connectivity index is 1.95. The summed E-state index contributed by atoms with van der Waals surface area (Å²) in [7, 11) is -0.882. The number of pyridine rings is 1. The van der Waals surface area contributed by atoms with Crippen LogP contribution in [0, 0.1) is 13.8 Å². The summed E-state index contributed by atoms with van der Waals surface area (Å²) in [5.41, 5.74) is 2.02. The first kappa shape index (κ1) is 19.6. The van der Waals surface area contributed by atoms with Crippen molar-refractivity contribution in [3.63, 3.8) is 0 Å². The predicted molar refractivity (Wildman–Crippen MR) is 107 cm³/mol. The number of amides is 1. The Bertz CT molecular complexity index is 1120. The number of carbonyl (C=O) groups excluding carboxylic acids is 1. The van der Waals surface area contributed by atoms with E-state index < -0.39 is 15.9 Å². The van der Waals surface area contributed by atoms with Gasteiger partial charge < -0.3 is 5.32 Å². The Morgan fingerprint density at radius 3 is 2.43 bits per heavy atom. The van der Waals surface area contributed by atoms with Crippen molar-refractivity contribution in [3.05, 3.63) is 65.5 Å². The zero-order valence-electron chi connectivity index (χ0n) is 16.0. The van der Waals surface area contributed by atoms with Gasteiger partial charge in [0.2, 0.25) is 0 Å². The highest BCUT2D eigenvalue weighted by molar-refractivity contribution is 7.92. The Kier molecular flexibility index (Phi) is 5.19. The van der Waals surface area contributed by atoms with Crippen LogP contribution in [0.4, 0.5) is 11.6 Å². The van der Waals surface area contributed by atoms with Crippen LogP contribution in [0.1, 0.15) is 21.5 Å². The van der Waals surface area contributed by atoms with Crippen LogP contribution in [0.15, 0.2) is 53.7 Å². The summed E-state index contributed by atoms with van der Waals surface area (Å²) in [6, 6.07) is 10.1. The van der Waals surface area contributed by atoms with Gasteiger partial charge in [0.05, 0.1) is 11.1 Å². The zero-order chi connectivity index (χ0) is 20.5. The number of aryl methyl sites for hydroxylation is 3.